The molecule has 1 aliphatic rings. The molecular weight excluding hydrogens is 504 g/mol. The van der Waals surface area contributed by atoms with Crippen molar-refractivity contribution in [2.45, 2.75) is 38.1 Å². The van der Waals surface area contributed by atoms with E-state index in [0.29, 0.717) is 11.5 Å². The van der Waals surface area contributed by atoms with Crippen LogP contribution in [-0.2, 0) is 11.2 Å². The normalized spacial score (nSPS) is 15.2. The number of nitrogens with two attached hydrogens (primary N) is 1. The highest BCUT2D eigenvalue weighted by Gasteiger charge is 2.29. The molecule has 3 N–H and O–H groups in total. The van der Waals surface area contributed by atoms with Crippen LogP contribution in [0.25, 0.3) is 32.3 Å². The maximum atomic E-state index is 12.5. The van der Waals surface area contributed by atoms with Gasteiger partial charge in [0, 0.05) is 17.5 Å². The fourth-order valence-electron chi connectivity index (χ4n) is 5.61. The summed E-state index contributed by atoms with van der Waals surface area (Å²) in [4.78, 5) is 27.1. The summed E-state index contributed by atoms with van der Waals surface area (Å²) in [7, 11) is 3.08. The van der Waals surface area contributed by atoms with E-state index < -0.39 is 12.0 Å². The van der Waals surface area contributed by atoms with Gasteiger partial charge in [0.05, 0.1) is 20.3 Å². The van der Waals surface area contributed by atoms with E-state index in [1.54, 1.807) is 26.2 Å². The number of hydrogen-bond donors (Lipinski definition) is 2. The number of ketones is 1. The van der Waals surface area contributed by atoms with Gasteiger partial charge in [-0.05, 0) is 82.4 Å². The number of hydrogen-bond acceptors (Lipinski definition) is 6. The maximum Gasteiger partial charge on any atom is 0.354 e. The van der Waals surface area contributed by atoms with Gasteiger partial charge in [-0.3, -0.25) is 4.79 Å². The number of pyridine rings is 1. The lowest BCUT2D eigenvalue weighted by Crippen LogP contribution is -2.33. The van der Waals surface area contributed by atoms with Crippen LogP contribution in [0, 0.1) is 0 Å². The standard InChI is InChI=1S/C21H21NO.C12H11NO4/c1-13(22)21(23)20-8-4-7-16-18-10-9-14-5-2-3-6-15(14)17(18)11-12-19(16)20;1-16-10-4-7-3-9(12(14)15)13-6-8(7)5-11(10)17-2/h2-3,5-6,9-13,20H,4,7-8,22H2,1H3;3-6H,1-2H3,(H,14,15). The molecule has 1 aromatic heterocycles. The van der Waals surface area contributed by atoms with Gasteiger partial charge in [0.2, 0.25) is 0 Å². The molecule has 0 spiro atoms. The highest BCUT2D eigenvalue weighted by atomic mass is 16.5. The van der Waals surface area contributed by atoms with Crippen LogP contribution in [0.1, 0.15) is 47.3 Å². The van der Waals surface area contributed by atoms with Crippen molar-refractivity contribution in [1.82, 2.24) is 4.98 Å². The molecule has 7 heteroatoms. The van der Waals surface area contributed by atoms with Crippen LogP contribution in [0.3, 0.4) is 0 Å². The zero-order valence-corrected chi connectivity index (χ0v) is 22.8. The van der Waals surface area contributed by atoms with Crippen LogP contribution in [0.5, 0.6) is 11.5 Å². The number of nitrogens with zero attached hydrogens (tertiary/aromatic N) is 1. The predicted octanol–water partition coefficient (Wildman–Crippen LogP) is 6.28. The molecule has 0 fully saturated rings. The lowest BCUT2D eigenvalue weighted by molar-refractivity contribution is -0.121. The topological polar surface area (TPSA) is 112 Å². The second-order valence-electron chi connectivity index (χ2n) is 10.1. The number of benzene rings is 4. The van der Waals surface area contributed by atoms with Gasteiger partial charge in [-0.25, -0.2) is 9.78 Å². The van der Waals surface area contributed by atoms with E-state index in [0.717, 1.165) is 30.0 Å². The number of rotatable bonds is 5. The van der Waals surface area contributed by atoms with Gasteiger partial charge in [-0.2, -0.15) is 0 Å². The first-order valence-electron chi connectivity index (χ1n) is 13.3. The summed E-state index contributed by atoms with van der Waals surface area (Å²) in [6.45, 7) is 1.80. The van der Waals surface area contributed by atoms with Crippen molar-refractivity contribution >= 4 is 44.1 Å². The molecule has 0 saturated carbocycles. The summed E-state index contributed by atoms with van der Waals surface area (Å²) < 4.78 is 10.3. The Morgan fingerprint density at radius 2 is 1.60 bits per heavy atom. The van der Waals surface area contributed by atoms with Crippen molar-refractivity contribution in [2.24, 2.45) is 5.73 Å². The number of carboxylic acids is 1. The minimum absolute atomic E-state index is 0.00437. The Kier molecular flexibility index (Phi) is 7.67. The molecule has 40 heavy (non-hydrogen) atoms. The molecule has 4 aromatic carbocycles. The van der Waals surface area contributed by atoms with Crippen LogP contribution in [-0.4, -0.2) is 42.1 Å². The number of Topliss-reactive ketones (excluding diaryl/α,β-unsaturated/α-hetero) is 1. The molecule has 0 amide bonds. The SMILES string of the molecule is CC(N)C(=O)C1CCCc2c1ccc1c2ccc2ccccc21.COc1cc2cnc(C(=O)O)cc2cc1OC. The fraction of sp³-hybridized carbons (Fsp3) is 0.242. The number of methoxy groups -OCH3 is 2. The first kappa shape index (κ1) is 27.1. The number of fused-ring (bicyclic) bond motifs is 6. The Hall–Kier alpha value is -4.49. The molecule has 7 nitrogen and oxygen atoms in total. The number of aromatic carboxylic acids is 1. The van der Waals surface area contributed by atoms with Crippen LogP contribution in [0.4, 0.5) is 0 Å². The molecule has 0 aliphatic heterocycles. The number of ether oxygens (including phenoxy) is 2. The average molecular weight is 537 g/mol. The van der Waals surface area contributed by atoms with Crippen LogP contribution < -0.4 is 15.2 Å². The minimum Gasteiger partial charge on any atom is -0.493 e. The molecule has 204 valence electrons. The Balaban J connectivity index is 0.000000170. The van der Waals surface area contributed by atoms with E-state index in [4.69, 9.17) is 20.3 Å². The van der Waals surface area contributed by atoms with Crippen molar-refractivity contribution in [1.29, 1.82) is 0 Å². The van der Waals surface area contributed by atoms with Gasteiger partial charge in [0.1, 0.15) is 5.69 Å². The van der Waals surface area contributed by atoms with Crippen molar-refractivity contribution in [3.63, 3.8) is 0 Å². The lowest BCUT2D eigenvalue weighted by Gasteiger charge is -2.27. The van der Waals surface area contributed by atoms with E-state index in [2.05, 4.69) is 53.5 Å². The first-order chi connectivity index (χ1) is 19.3. The van der Waals surface area contributed by atoms with Gasteiger partial charge in [-0.1, -0.05) is 48.5 Å². The molecule has 1 aliphatic carbocycles. The second kappa shape index (κ2) is 11.3. The summed E-state index contributed by atoms with van der Waals surface area (Å²) in [6, 6.07) is 21.8. The molecule has 0 bridgehead atoms. The number of aromatic nitrogens is 1. The highest BCUT2D eigenvalue weighted by molar-refractivity contribution is 6.09. The quantitative estimate of drug-likeness (QED) is 0.254. The summed E-state index contributed by atoms with van der Waals surface area (Å²) in [5.41, 5.74) is 8.41. The fourth-order valence-corrected chi connectivity index (χ4v) is 5.61. The van der Waals surface area contributed by atoms with Crippen LogP contribution >= 0.6 is 0 Å². The number of aryl methyl sites for hydroxylation is 1. The summed E-state index contributed by atoms with van der Waals surface area (Å²) in [6.07, 6.45) is 4.53. The molecule has 6 rings (SSSR count). The summed E-state index contributed by atoms with van der Waals surface area (Å²) >= 11 is 0. The van der Waals surface area contributed by atoms with Gasteiger partial charge in [-0.15, -0.1) is 0 Å². The van der Waals surface area contributed by atoms with E-state index in [-0.39, 0.29) is 17.4 Å². The Morgan fingerprint density at radius 3 is 2.30 bits per heavy atom. The molecule has 1 heterocycles. The Labute approximate surface area is 232 Å². The number of carbonyl (C=O) groups excluding carboxylic acids is 1. The van der Waals surface area contributed by atoms with Crippen molar-refractivity contribution in [3.8, 4) is 11.5 Å². The molecule has 0 saturated heterocycles. The summed E-state index contributed by atoms with van der Waals surface area (Å²) in [5.74, 6) is 0.231. The minimum atomic E-state index is -1.05. The zero-order chi connectivity index (χ0) is 28.4. The van der Waals surface area contributed by atoms with Crippen molar-refractivity contribution in [3.05, 3.63) is 89.7 Å². The Morgan fingerprint density at radius 1 is 0.900 bits per heavy atom. The third-order valence-corrected chi connectivity index (χ3v) is 7.60. The van der Waals surface area contributed by atoms with Crippen LogP contribution in [0.2, 0.25) is 0 Å². The van der Waals surface area contributed by atoms with Gasteiger partial charge in [0.15, 0.2) is 17.3 Å². The predicted molar refractivity (Wildman–Crippen MR) is 158 cm³/mol. The smallest absolute Gasteiger partial charge is 0.354 e. The van der Waals surface area contributed by atoms with Gasteiger partial charge in [0.25, 0.3) is 0 Å². The largest absolute Gasteiger partial charge is 0.493 e. The maximum absolute atomic E-state index is 12.5. The highest BCUT2D eigenvalue weighted by Crippen LogP contribution is 2.39. The van der Waals surface area contributed by atoms with Crippen LogP contribution in [0.15, 0.2) is 72.9 Å². The average Bonchev–Trinajstić information content (AvgIpc) is 2.99. The molecule has 5 aromatic rings. The summed E-state index contributed by atoms with van der Waals surface area (Å²) in [5, 5.41) is 15.5. The molecule has 2 unspecified atom stereocenters. The third-order valence-electron chi connectivity index (χ3n) is 7.60. The monoisotopic (exact) mass is 536 g/mol. The van der Waals surface area contributed by atoms with Gasteiger partial charge < -0.3 is 20.3 Å². The second-order valence-corrected chi connectivity index (χ2v) is 10.1. The van der Waals surface area contributed by atoms with E-state index >= 15 is 0 Å². The van der Waals surface area contributed by atoms with Gasteiger partial charge >= 0.3 is 5.97 Å². The molecule has 0 radical (unpaired) electrons. The molecular formula is C33H32N2O5. The Bertz CT molecular complexity index is 1740. The third kappa shape index (κ3) is 5.08. The number of carbonyl (C=O) groups is 2. The van der Waals surface area contributed by atoms with E-state index in [9.17, 15) is 9.59 Å². The number of carboxylic acid groups (broad SMARTS) is 1. The van der Waals surface area contributed by atoms with E-state index in [1.165, 1.54) is 52.0 Å². The van der Waals surface area contributed by atoms with Crippen molar-refractivity contribution < 1.29 is 24.2 Å². The zero-order valence-electron chi connectivity index (χ0n) is 22.8. The first-order valence-corrected chi connectivity index (χ1v) is 13.3. The molecule has 2 atom stereocenters. The van der Waals surface area contributed by atoms with Crippen molar-refractivity contribution in [2.75, 3.05) is 14.2 Å². The lowest BCUT2D eigenvalue weighted by atomic mass is 9.77. The van der Waals surface area contributed by atoms with E-state index in [1.807, 2.05) is 0 Å².